The van der Waals surface area contributed by atoms with E-state index in [0.717, 1.165) is 53.6 Å². The second kappa shape index (κ2) is 9.96. The number of hydrogen-bond acceptors (Lipinski definition) is 5. The van der Waals surface area contributed by atoms with Crippen LogP contribution in [0.25, 0.3) is 21.9 Å². The fourth-order valence-corrected chi connectivity index (χ4v) is 4.45. The third kappa shape index (κ3) is 4.90. The topological polar surface area (TPSA) is 107 Å². The van der Waals surface area contributed by atoms with Crippen molar-refractivity contribution in [2.24, 2.45) is 0 Å². The molecule has 166 valence electrons. The van der Waals surface area contributed by atoms with E-state index in [1.54, 1.807) is 7.11 Å². The predicted octanol–water partition coefficient (Wildman–Crippen LogP) is 3.38. The van der Waals surface area contributed by atoms with Crippen LogP contribution in [-0.2, 0) is 17.7 Å². The summed E-state index contributed by atoms with van der Waals surface area (Å²) in [6, 6.07) is 8.23. The van der Waals surface area contributed by atoms with Crippen LogP contribution >= 0.6 is 0 Å². The van der Waals surface area contributed by atoms with Gasteiger partial charge < -0.3 is 25.7 Å². The second-order valence-corrected chi connectivity index (χ2v) is 8.22. The van der Waals surface area contributed by atoms with Crippen LogP contribution in [-0.4, -0.2) is 46.9 Å². The van der Waals surface area contributed by atoms with Gasteiger partial charge in [0.05, 0.1) is 17.6 Å². The molecule has 1 fully saturated rings. The van der Waals surface area contributed by atoms with Crippen molar-refractivity contribution in [1.29, 1.82) is 0 Å². The van der Waals surface area contributed by atoms with Crippen molar-refractivity contribution >= 4 is 33.8 Å². The molecule has 0 spiro atoms. The van der Waals surface area contributed by atoms with Gasteiger partial charge in [-0.2, -0.15) is 0 Å². The highest BCUT2D eigenvalue weighted by Crippen LogP contribution is 2.29. The minimum absolute atomic E-state index is 0.0686. The molecule has 2 aromatic heterocycles. The maximum atomic E-state index is 12.2. The Balaban J connectivity index is 1.48. The summed E-state index contributed by atoms with van der Waals surface area (Å²) in [5, 5.41) is 7.14. The Labute approximate surface area is 182 Å². The molecule has 0 atom stereocenters. The molecule has 1 aliphatic rings. The third-order valence-electron chi connectivity index (χ3n) is 6.00. The number of anilines is 1. The first-order valence-electron chi connectivity index (χ1n) is 11.2. The molecule has 31 heavy (non-hydrogen) atoms. The maximum absolute atomic E-state index is 12.2. The molecular weight excluding hydrogens is 392 g/mol. The number of carbonyl (C=O) groups is 1. The summed E-state index contributed by atoms with van der Waals surface area (Å²) in [5.74, 6) is 1.37. The minimum Gasteiger partial charge on any atom is -0.384 e. The van der Waals surface area contributed by atoms with Gasteiger partial charge in [0.15, 0.2) is 5.82 Å². The minimum atomic E-state index is -0.0686. The Morgan fingerprint density at radius 1 is 1.23 bits per heavy atom. The summed E-state index contributed by atoms with van der Waals surface area (Å²) in [4.78, 5) is 21.5. The number of hydrogen-bond donors (Lipinski definition) is 3. The van der Waals surface area contributed by atoms with Gasteiger partial charge in [0, 0.05) is 38.0 Å². The van der Waals surface area contributed by atoms with E-state index >= 15 is 0 Å². The summed E-state index contributed by atoms with van der Waals surface area (Å²) in [7, 11) is 1.69. The number of carbonyl (C=O) groups excluding carboxylic acids is 1. The van der Waals surface area contributed by atoms with Crippen LogP contribution in [0.1, 0.15) is 44.3 Å². The van der Waals surface area contributed by atoms with Crippen molar-refractivity contribution in [3.63, 3.8) is 0 Å². The number of imidazole rings is 1. The van der Waals surface area contributed by atoms with E-state index in [9.17, 15) is 4.79 Å². The van der Waals surface area contributed by atoms with E-state index in [0.29, 0.717) is 31.4 Å². The van der Waals surface area contributed by atoms with Crippen molar-refractivity contribution in [2.75, 3.05) is 26.0 Å². The molecule has 0 unspecified atom stereocenters. The second-order valence-electron chi connectivity index (χ2n) is 8.22. The van der Waals surface area contributed by atoms with Crippen molar-refractivity contribution in [1.82, 2.24) is 25.2 Å². The van der Waals surface area contributed by atoms with Crippen molar-refractivity contribution in [2.45, 2.75) is 57.5 Å². The zero-order valence-electron chi connectivity index (χ0n) is 18.2. The summed E-state index contributed by atoms with van der Waals surface area (Å²) in [6.07, 6.45) is 7.33. The fraction of sp³-hybridized carbons (Fsp3) is 0.522. The standard InChI is InChI=1S/C23H32N6O2/c1-31-15-12-19-28-20-21(17-10-5-6-11-18(17)27-22(20)24)29(19)14-7-13-25-23(30)26-16-8-3-2-4-9-16/h5-6,10-11,16H,2-4,7-9,12-15H2,1H3,(H2,24,27)(H2,25,26,30). The highest BCUT2D eigenvalue weighted by atomic mass is 16.5. The van der Waals surface area contributed by atoms with Gasteiger partial charge in [-0.25, -0.2) is 14.8 Å². The van der Waals surface area contributed by atoms with E-state index < -0.39 is 0 Å². The van der Waals surface area contributed by atoms with Gasteiger partial charge in [-0.3, -0.25) is 0 Å². The van der Waals surface area contributed by atoms with Crippen LogP contribution in [0.2, 0.25) is 0 Å². The van der Waals surface area contributed by atoms with Gasteiger partial charge >= 0.3 is 6.03 Å². The Bertz CT molecular complexity index is 1040. The molecule has 4 N–H and O–H groups in total. The number of aromatic nitrogens is 3. The van der Waals surface area contributed by atoms with E-state index in [-0.39, 0.29) is 6.03 Å². The molecule has 8 nitrogen and oxygen atoms in total. The summed E-state index contributed by atoms with van der Waals surface area (Å²) < 4.78 is 7.48. The maximum Gasteiger partial charge on any atom is 0.315 e. The lowest BCUT2D eigenvalue weighted by Gasteiger charge is -2.22. The molecule has 0 aliphatic heterocycles. The Morgan fingerprint density at radius 2 is 2.03 bits per heavy atom. The quantitative estimate of drug-likeness (QED) is 0.481. The molecule has 3 aromatic rings. The van der Waals surface area contributed by atoms with Crippen LogP contribution < -0.4 is 16.4 Å². The van der Waals surface area contributed by atoms with Crippen molar-refractivity contribution in [3.8, 4) is 0 Å². The number of urea groups is 1. The first-order chi connectivity index (χ1) is 15.2. The van der Waals surface area contributed by atoms with Gasteiger partial charge in [0.2, 0.25) is 0 Å². The number of nitrogen functional groups attached to an aromatic ring is 1. The Morgan fingerprint density at radius 3 is 2.84 bits per heavy atom. The molecule has 1 aliphatic carbocycles. The third-order valence-corrected chi connectivity index (χ3v) is 6.00. The number of aryl methyl sites for hydroxylation is 1. The van der Waals surface area contributed by atoms with Gasteiger partial charge in [-0.05, 0) is 25.3 Å². The molecular formula is C23H32N6O2. The smallest absolute Gasteiger partial charge is 0.315 e. The number of nitrogens with one attached hydrogen (secondary N) is 2. The van der Waals surface area contributed by atoms with E-state index in [1.807, 2.05) is 18.2 Å². The molecule has 2 amide bonds. The van der Waals surface area contributed by atoms with Gasteiger partial charge in [-0.15, -0.1) is 0 Å². The largest absolute Gasteiger partial charge is 0.384 e. The summed E-state index contributed by atoms with van der Waals surface area (Å²) in [5.41, 5.74) is 8.82. The first-order valence-corrected chi connectivity index (χ1v) is 11.2. The molecule has 1 saturated carbocycles. The number of nitrogens with two attached hydrogens (primary N) is 1. The zero-order valence-corrected chi connectivity index (χ0v) is 18.2. The number of para-hydroxylation sites is 1. The molecule has 0 saturated heterocycles. The molecule has 8 heteroatoms. The van der Waals surface area contributed by atoms with Crippen LogP contribution in [0, 0.1) is 0 Å². The molecule has 4 rings (SSSR count). The lowest BCUT2D eigenvalue weighted by Crippen LogP contribution is -2.43. The number of methoxy groups -OCH3 is 1. The number of rotatable bonds is 8. The van der Waals surface area contributed by atoms with E-state index in [1.165, 1.54) is 19.3 Å². The first kappa shape index (κ1) is 21.4. The fourth-order valence-electron chi connectivity index (χ4n) is 4.45. The zero-order chi connectivity index (χ0) is 21.6. The number of amides is 2. The summed E-state index contributed by atoms with van der Waals surface area (Å²) in [6.45, 7) is 1.91. The van der Waals surface area contributed by atoms with Gasteiger partial charge in [0.25, 0.3) is 0 Å². The van der Waals surface area contributed by atoms with E-state index in [2.05, 4.69) is 26.3 Å². The molecule has 1 aromatic carbocycles. The molecule has 0 bridgehead atoms. The average molecular weight is 425 g/mol. The highest BCUT2D eigenvalue weighted by molar-refractivity contribution is 6.06. The van der Waals surface area contributed by atoms with Gasteiger partial charge in [-0.1, -0.05) is 37.5 Å². The van der Waals surface area contributed by atoms with Crippen LogP contribution in [0.5, 0.6) is 0 Å². The number of nitrogens with zero attached hydrogens (tertiary/aromatic N) is 3. The van der Waals surface area contributed by atoms with Crippen LogP contribution in [0.3, 0.4) is 0 Å². The molecule has 2 heterocycles. The molecule has 0 radical (unpaired) electrons. The van der Waals surface area contributed by atoms with Crippen LogP contribution in [0.15, 0.2) is 24.3 Å². The highest BCUT2D eigenvalue weighted by Gasteiger charge is 2.18. The van der Waals surface area contributed by atoms with Crippen molar-refractivity contribution < 1.29 is 9.53 Å². The average Bonchev–Trinajstić information content (AvgIpc) is 3.15. The van der Waals surface area contributed by atoms with Crippen molar-refractivity contribution in [3.05, 3.63) is 30.1 Å². The normalized spacial score (nSPS) is 14.9. The number of fused-ring (bicyclic) bond motifs is 3. The Hall–Kier alpha value is -2.87. The number of benzene rings is 1. The van der Waals surface area contributed by atoms with E-state index in [4.69, 9.17) is 15.5 Å². The SMILES string of the molecule is COCCc1nc2c(N)nc3ccccc3c2n1CCCNC(=O)NC1CCCCC1. The lowest BCUT2D eigenvalue weighted by atomic mass is 9.96. The monoisotopic (exact) mass is 424 g/mol. The van der Waals surface area contributed by atoms with Crippen LogP contribution in [0.4, 0.5) is 10.6 Å². The Kier molecular flexibility index (Phi) is 6.86. The number of pyridine rings is 1. The predicted molar refractivity (Wildman–Crippen MR) is 123 cm³/mol. The summed E-state index contributed by atoms with van der Waals surface area (Å²) >= 11 is 0. The lowest BCUT2D eigenvalue weighted by molar-refractivity contribution is 0.199. The number of ether oxygens (including phenoxy) is 1. The van der Waals surface area contributed by atoms with Gasteiger partial charge in [0.1, 0.15) is 11.3 Å².